The zero-order valence-corrected chi connectivity index (χ0v) is 6.55. The van der Waals surface area contributed by atoms with E-state index >= 15 is 0 Å². The Balaban J connectivity index is 2.07. The highest BCUT2D eigenvalue weighted by molar-refractivity contribution is 5.77. The van der Waals surface area contributed by atoms with Crippen molar-refractivity contribution in [1.29, 1.82) is 0 Å². The molecule has 2 fully saturated rings. The number of hydrogen-bond donors (Lipinski definition) is 2. The number of primary amides is 1. The molecular formula is C8H14N2O. The Morgan fingerprint density at radius 1 is 1.27 bits per heavy atom. The van der Waals surface area contributed by atoms with E-state index in [0.717, 1.165) is 19.3 Å². The fourth-order valence-electron chi connectivity index (χ4n) is 2.32. The Kier molecular flexibility index (Phi) is 1.60. The lowest BCUT2D eigenvalue weighted by atomic mass is 9.92. The molecule has 2 aliphatic rings. The van der Waals surface area contributed by atoms with Crippen LogP contribution in [0.5, 0.6) is 0 Å². The van der Waals surface area contributed by atoms with Gasteiger partial charge < -0.3 is 11.1 Å². The van der Waals surface area contributed by atoms with Crippen LogP contribution in [0.2, 0.25) is 0 Å². The van der Waals surface area contributed by atoms with Crippen LogP contribution >= 0.6 is 0 Å². The summed E-state index contributed by atoms with van der Waals surface area (Å²) in [5.74, 6) is -0.0170. The average molecular weight is 154 g/mol. The van der Waals surface area contributed by atoms with Crippen LogP contribution in [-0.2, 0) is 4.79 Å². The van der Waals surface area contributed by atoms with Crippen molar-refractivity contribution in [2.75, 3.05) is 0 Å². The Hall–Kier alpha value is -0.570. The van der Waals surface area contributed by atoms with Gasteiger partial charge in [-0.05, 0) is 25.7 Å². The maximum Gasteiger partial charge on any atom is 0.222 e. The van der Waals surface area contributed by atoms with Crippen molar-refractivity contribution >= 4 is 5.91 Å². The number of rotatable bonds is 1. The summed E-state index contributed by atoms with van der Waals surface area (Å²) in [5.41, 5.74) is 5.27. The molecule has 3 heteroatoms. The minimum atomic E-state index is -0.122. The van der Waals surface area contributed by atoms with Crippen molar-refractivity contribution in [3.8, 4) is 0 Å². The normalized spacial score (nSPS) is 42.4. The molecule has 0 aliphatic carbocycles. The van der Waals surface area contributed by atoms with Crippen molar-refractivity contribution in [2.24, 2.45) is 11.7 Å². The third kappa shape index (κ3) is 1.13. The van der Waals surface area contributed by atoms with Crippen molar-refractivity contribution < 1.29 is 4.79 Å². The van der Waals surface area contributed by atoms with Crippen LogP contribution in [0.4, 0.5) is 0 Å². The van der Waals surface area contributed by atoms with Gasteiger partial charge in [0.05, 0.1) is 5.92 Å². The summed E-state index contributed by atoms with van der Waals surface area (Å²) in [6.07, 6.45) is 4.49. The highest BCUT2D eigenvalue weighted by atomic mass is 16.1. The molecule has 62 valence electrons. The van der Waals surface area contributed by atoms with E-state index in [4.69, 9.17) is 5.73 Å². The summed E-state index contributed by atoms with van der Waals surface area (Å²) in [4.78, 5) is 10.9. The second kappa shape index (κ2) is 2.48. The average Bonchev–Trinajstić information content (AvgIpc) is 2.32. The summed E-state index contributed by atoms with van der Waals surface area (Å²) in [7, 11) is 0. The summed E-state index contributed by atoms with van der Waals surface area (Å²) < 4.78 is 0. The largest absolute Gasteiger partial charge is 0.369 e. The van der Waals surface area contributed by atoms with Gasteiger partial charge in [0.1, 0.15) is 0 Å². The number of fused-ring (bicyclic) bond motifs is 2. The standard InChI is InChI=1S/C8H14N2O/c9-8(11)6-3-1-5-2-4-7(6)10-5/h5-7,10H,1-4H2,(H2,9,11)/t5-,6?,7-/m0/s1. The minimum absolute atomic E-state index is 0.105. The Bertz CT molecular complexity index is 181. The third-order valence-electron chi connectivity index (χ3n) is 2.95. The lowest BCUT2D eigenvalue weighted by molar-refractivity contribution is -0.123. The van der Waals surface area contributed by atoms with E-state index in [9.17, 15) is 4.79 Å². The van der Waals surface area contributed by atoms with Crippen LogP contribution in [0.1, 0.15) is 25.7 Å². The van der Waals surface area contributed by atoms with E-state index in [-0.39, 0.29) is 11.8 Å². The topological polar surface area (TPSA) is 55.1 Å². The maximum atomic E-state index is 10.9. The van der Waals surface area contributed by atoms with Crippen LogP contribution in [-0.4, -0.2) is 18.0 Å². The van der Waals surface area contributed by atoms with Crippen LogP contribution in [0.15, 0.2) is 0 Å². The molecule has 11 heavy (non-hydrogen) atoms. The van der Waals surface area contributed by atoms with Crippen LogP contribution in [0.3, 0.4) is 0 Å². The van der Waals surface area contributed by atoms with Gasteiger partial charge in [0, 0.05) is 12.1 Å². The first-order valence-corrected chi connectivity index (χ1v) is 4.33. The zero-order chi connectivity index (χ0) is 7.84. The van der Waals surface area contributed by atoms with E-state index in [2.05, 4.69) is 5.32 Å². The van der Waals surface area contributed by atoms with Gasteiger partial charge in [-0.25, -0.2) is 0 Å². The number of amides is 1. The van der Waals surface area contributed by atoms with Gasteiger partial charge >= 0.3 is 0 Å². The number of hydrogen-bond acceptors (Lipinski definition) is 2. The van der Waals surface area contributed by atoms with Gasteiger partial charge in [-0.2, -0.15) is 0 Å². The molecule has 0 aromatic carbocycles. The van der Waals surface area contributed by atoms with Crippen molar-refractivity contribution in [3.05, 3.63) is 0 Å². The summed E-state index contributed by atoms with van der Waals surface area (Å²) in [6, 6.07) is 1.07. The van der Waals surface area contributed by atoms with Crippen molar-refractivity contribution in [3.63, 3.8) is 0 Å². The number of carbonyl (C=O) groups is 1. The molecule has 0 aromatic heterocycles. The first kappa shape index (κ1) is 7.10. The van der Waals surface area contributed by atoms with Gasteiger partial charge in [0.2, 0.25) is 5.91 Å². The summed E-state index contributed by atoms with van der Waals surface area (Å²) in [5, 5.41) is 3.42. The predicted octanol–water partition coefficient (Wildman–Crippen LogP) is 0.00230. The molecule has 3 atom stereocenters. The first-order chi connectivity index (χ1) is 5.27. The van der Waals surface area contributed by atoms with E-state index in [0.29, 0.717) is 12.1 Å². The molecule has 0 saturated carbocycles. The van der Waals surface area contributed by atoms with E-state index in [1.807, 2.05) is 0 Å². The quantitative estimate of drug-likeness (QED) is 0.558. The van der Waals surface area contributed by atoms with E-state index in [1.165, 1.54) is 6.42 Å². The molecule has 3 N–H and O–H groups in total. The second-order valence-electron chi connectivity index (χ2n) is 3.63. The fourth-order valence-corrected chi connectivity index (χ4v) is 2.32. The van der Waals surface area contributed by atoms with Gasteiger partial charge in [-0.1, -0.05) is 0 Å². The molecule has 2 bridgehead atoms. The zero-order valence-electron chi connectivity index (χ0n) is 6.55. The first-order valence-electron chi connectivity index (χ1n) is 4.33. The number of nitrogens with one attached hydrogen (secondary N) is 1. The molecule has 2 saturated heterocycles. The lowest BCUT2D eigenvalue weighted by Gasteiger charge is -2.27. The fraction of sp³-hybridized carbons (Fsp3) is 0.875. The van der Waals surface area contributed by atoms with Gasteiger partial charge in [0.15, 0.2) is 0 Å². The monoisotopic (exact) mass is 154 g/mol. The third-order valence-corrected chi connectivity index (χ3v) is 2.95. The number of nitrogens with two attached hydrogens (primary N) is 1. The number of carbonyl (C=O) groups excluding carboxylic acids is 1. The second-order valence-corrected chi connectivity index (χ2v) is 3.63. The SMILES string of the molecule is NC(=O)C1CC[C@H]2CC[C@@H]1N2. The summed E-state index contributed by atoms with van der Waals surface area (Å²) >= 11 is 0. The smallest absolute Gasteiger partial charge is 0.222 e. The van der Waals surface area contributed by atoms with Crippen molar-refractivity contribution in [1.82, 2.24) is 5.32 Å². The number of piperidine rings is 1. The van der Waals surface area contributed by atoms with Gasteiger partial charge in [-0.3, -0.25) is 4.79 Å². The highest BCUT2D eigenvalue weighted by Gasteiger charge is 2.37. The Labute approximate surface area is 66.3 Å². The maximum absolute atomic E-state index is 10.9. The molecule has 0 spiro atoms. The van der Waals surface area contributed by atoms with E-state index in [1.54, 1.807) is 0 Å². The molecule has 1 unspecified atom stereocenters. The van der Waals surface area contributed by atoms with Crippen LogP contribution in [0.25, 0.3) is 0 Å². The van der Waals surface area contributed by atoms with Crippen molar-refractivity contribution in [2.45, 2.75) is 37.8 Å². The lowest BCUT2D eigenvalue weighted by Crippen LogP contribution is -2.45. The molecule has 1 amide bonds. The molecule has 3 nitrogen and oxygen atoms in total. The van der Waals surface area contributed by atoms with Gasteiger partial charge in [-0.15, -0.1) is 0 Å². The van der Waals surface area contributed by atoms with Crippen LogP contribution < -0.4 is 11.1 Å². The highest BCUT2D eigenvalue weighted by Crippen LogP contribution is 2.30. The predicted molar refractivity (Wildman–Crippen MR) is 41.9 cm³/mol. The molecule has 0 aromatic rings. The molecule has 0 radical (unpaired) electrons. The molecule has 2 rings (SSSR count). The van der Waals surface area contributed by atoms with Crippen LogP contribution in [0, 0.1) is 5.92 Å². The molecular weight excluding hydrogens is 140 g/mol. The molecule has 2 aliphatic heterocycles. The van der Waals surface area contributed by atoms with Gasteiger partial charge in [0.25, 0.3) is 0 Å². The molecule has 2 heterocycles. The Morgan fingerprint density at radius 3 is 2.73 bits per heavy atom. The summed E-state index contributed by atoms with van der Waals surface area (Å²) in [6.45, 7) is 0. The minimum Gasteiger partial charge on any atom is -0.369 e. The Morgan fingerprint density at radius 2 is 2.00 bits per heavy atom. The van der Waals surface area contributed by atoms with E-state index < -0.39 is 0 Å².